The number of para-hydroxylation sites is 1. The SMILES string of the molecule is CCO[C@H]1OC(C(=O)Nc2ccc(N3C(=O)c4ccc(Cl)cc4C3=O)c(C)c2)=C[C@@H](c2c(C)n(C)n(-c3ccccc3)c2=O)[C@H]1CCCO. The van der Waals surface area contributed by atoms with Gasteiger partial charge < -0.3 is 19.9 Å². The minimum absolute atomic E-state index is 0.0171. The van der Waals surface area contributed by atoms with Crippen molar-refractivity contribution in [2.24, 2.45) is 13.0 Å². The van der Waals surface area contributed by atoms with Crippen LogP contribution in [0, 0.1) is 19.8 Å². The molecule has 2 N–H and O–H groups in total. The topological polar surface area (TPSA) is 132 Å². The standard InChI is InChI=1S/C37H37ClN4O7/c1-5-48-37-27(12-9-17-43)28(32-22(3)40(4)42(36(32)47)25-10-7-6-8-11-25)20-31(49-37)33(44)39-24-14-16-30(21(2)18-24)41-34(45)26-15-13-23(38)19-29(26)35(41)46/h6-8,10-11,13-16,18-20,27-28,37,43H,5,9,12,17H2,1-4H3,(H,39,44)/t27-,28-,37+/m1/s1. The van der Waals surface area contributed by atoms with Crippen LogP contribution < -0.4 is 15.8 Å². The minimum atomic E-state index is -0.858. The molecule has 2 aliphatic rings. The highest BCUT2D eigenvalue weighted by atomic mass is 35.5. The molecule has 3 amide bonds. The Hall–Kier alpha value is -4.97. The van der Waals surface area contributed by atoms with Crippen LogP contribution in [0.3, 0.4) is 0 Å². The van der Waals surface area contributed by atoms with Gasteiger partial charge in [-0.15, -0.1) is 0 Å². The first-order chi connectivity index (χ1) is 23.5. The van der Waals surface area contributed by atoms with Gasteiger partial charge in [0.1, 0.15) is 0 Å². The summed E-state index contributed by atoms with van der Waals surface area (Å²) < 4.78 is 15.5. The lowest BCUT2D eigenvalue weighted by molar-refractivity contribution is -0.165. The molecule has 6 rings (SSSR count). The number of carbonyl (C=O) groups is 3. The molecular weight excluding hydrogens is 648 g/mol. The molecular formula is C37H37ClN4O7. The summed E-state index contributed by atoms with van der Waals surface area (Å²) in [5, 5.41) is 12.9. The maximum Gasteiger partial charge on any atom is 0.290 e. The second-order valence-electron chi connectivity index (χ2n) is 12.1. The van der Waals surface area contributed by atoms with E-state index in [1.165, 1.54) is 12.1 Å². The molecule has 1 aromatic heterocycles. The number of allylic oxidation sites excluding steroid dienone is 1. The number of carbonyl (C=O) groups excluding carboxylic acids is 3. The Bertz CT molecular complexity index is 2030. The molecule has 254 valence electrons. The molecule has 4 aromatic rings. The van der Waals surface area contributed by atoms with Crippen molar-refractivity contribution in [3.63, 3.8) is 0 Å². The monoisotopic (exact) mass is 684 g/mol. The number of aliphatic hydroxyl groups is 1. The lowest BCUT2D eigenvalue weighted by atomic mass is 9.80. The van der Waals surface area contributed by atoms with Gasteiger partial charge in [-0.05, 0) is 93.8 Å². The Morgan fingerprint density at radius 3 is 2.43 bits per heavy atom. The maximum absolute atomic E-state index is 14.1. The number of hydrogen-bond donors (Lipinski definition) is 2. The molecule has 2 aliphatic heterocycles. The molecule has 12 heteroatoms. The predicted molar refractivity (Wildman–Crippen MR) is 185 cm³/mol. The third-order valence-corrected chi connectivity index (χ3v) is 9.35. The molecule has 11 nitrogen and oxygen atoms in total. The van der Waals surface area contributed by atoms with E-state index >= 15 is 0 Å². The number of hydrogen-bond acceptors (Lipinski definition) is 7. The first kappa shape index (κ1) is 33.9. The van der Waals surface area contributed by atoms with Crippen LogP contribution >= 0.6 is 11.6 Å². The molecule has 3 heterocycles. The molecule has 0 bridgehead atoms. The smallest absolute Gasteiger partial charge is 0.290 e. The van der Waals surface area contributed by atoms with Crippen LogP contribution in [0.5, 0.6) is 0 Å². The van der Waals surface area contributed by atoms with E-state index < -0.39 is 29.9 Å². The Balaban J connectivity index is 1.33. The summed E-state index contributed by atoms with van der Waals surface area (Å²) in [6, 6.07) is 18.7. The van der Waals surface area contributed by atoms with Gasteiger partial charge in [0.15, 0.2) is 5.76 Å². The largest absolute Gasteiger partial charge is 0.459 e. The van der Waals surface area contributed by atoms with Gasteiger partial charge in [0.2, 0.25) is 6.29 Å². The molecule has 0 saturated heterocycles. The summed E-state index contributed by atoms with van der Waals surface area (Å²) in [7, 11) is 1.82. The number of amides is 3. The molecule has 3 aromatic carbocycles. The number of rotatable bonds is 10. The molecule has 0 saturated carbocycles. The first-order valence-electron chi connectivity index (χ1n) is 16.1. The quantitative estimate of drug-likeness (QED) is 0.207. The van der Waals surface area contributed by atoms with Crippen LogP contribution in [0.1, 0.15) is 63.2 Å². The molecule has 0 radical (unpaired) electrons. The highest BCUT2D eigenvalue weighted by molar-refractivity contribution is 6.37. The second-order valence-corrected chi connectivity index (χ2v) is 12.5. The van der Waals surface area contributed by atoms with Gasteiger partial charge in [-0.25, -0.2) is 9.58 Å². The van der Waals surface area contributed by atoms with Crippen LogP contribution in [0.25, 0.3) is 5.69 Å². The summed E-state index contributed by atoms with van der Waals surface area (Å²) in [5.41, 5.74) is 3.58. The van der Waals surface area contributed by atoms with Crippen LogP contribution in [-0.4, -0.2) is 51.7 Å². The summed E-state index contributed by atoms with van der Waals surface area (Å²) in [5.74, 6) is -2.44. The highest BCUT2D eigenvalue weighted by Gasteiger charge is 2.41. The molecule has 3 atom stereocenters. The van der Waals surface area contributed by atoms with Crippen molar-refractivity contribution in [1.82, 2.24) is 9.36 Å². The average molecular weight is 685 g/mol. The van der Waals surface area contributed by atoms with Gasteiger partial charge in [-0.3, -0.25) is 23.9 Å². The summed E-state index contributed by atoms with van der Waals surface area (Å²) in [6.07, 6.45) is 1.74. The van der Waals surface area contributed by atoms with Gasteiger partial charge in [-0.1, -0.05) is 29.8 Å². The van der Waals surface area contributed by atoms with Crippen LogP contribution in [-0.2, 0) is 21.3 Å². The van der Waals surface area contributed by atoms with Gasteiger partial charge in [-0.2, -0.15) is 0 Å². The van der Waals surface area contributed by atoms with Crippen molar-refractivity contribution in [3.8, 4) is 5.69 Å². The third kappa shape index (κ3) is 6.21. The van der Waals surface area contributed by atoms with Crippen LogP contribution in [0.4, 0.5) is 11.4 Å². The van der Waals surface area contributed by atoms with Crippen molar-refractivity contribution < 1.29 is 29.0 Å². The lowest BCUT2D eigenvalue weighted by Crippen LogP contribution is -2.39. The van der Waals surface area contributed by atoms with E-state index in [1.54, 1.807) is 46.6 Å². The Morgan fingerprint density at radius 2 is 1.73 bits per heavy atom. The van der Waals surface area contributed by atoms with E-state index in [1.807, 2.05) is 51.2 Å². The van der Waals surface area contributed by atoms with Crippen molar-refractivity contribution in [3.05, 3.63) is 122 Å². The van der Waals surface area contributed by atoms with E-state index in [0.717, 1.165) is 10.6 Å². The molecule has 0 unspecified atom stereocenters. The van der Waals surface area contributed by atoms with Crippen molar-refractivity contribution in [2.75, 3.05) is 23.4 Å². The number of aryl methyl sites for hydroxylation is 1. The fraction of sp³-hybridized carbons (Fsp3) is 0.297. The van der Waals surface area contributed by atoms with E-state index in [-0.39, 0.29) is 35.0 Å². The number of benzene rings is 3. The number of imide groups is 1. The summed E-state index contributed by atoms with van der Waals surface area (Å²) in [4.78, 5) is 55.3. The number of halogens is 1. The number of anilines is 2. The lowest BCUT2D eigenvalue weighted by Gasteiger charge is -2.36. The zero-order chi connectivity index (χ0) is 35.0. The number of fused-ring (bicyclic) bond motifs is 1. The maximum atomic E-state index is 14.1. The number of nitrogens with one attached hydrogen (secondary N) is 1. The zero-order valence-corrected chi connectivity index (χ0v) is 28.4. The summed E-state index contributed by atoms with van der Waals surface area (Å²) >= 11 is 6.07. The Morgan fingerprint density at radius 1 is 1.00 bits per heavy atom. The molecule has 0 fully saturated rings. The van der Waals surface area contributed by atoms with Gasteiger partial charge in [0.05, 0.1) is 22.5 Å². The minimum Gasteiger partial charge on any atom is -0.459 e. The Labute approximate surface area is 288 Å². The molecule has 49 heavy (non-hydrogen) atoms. The number of aromatic nitrogens is 2. The molecule has 0 spiro atoms. The number of ether oxygens (including phenoxy) is 2. The van der Waals surface area contributed by atoms with E-state index in [2.05, 4.69) is 5.32 Å². The fourth-order valence-corrected chi connectivity index (χ4v) is 6.85. The third-order valence-electron chi connectivity index (χ3n) is 9.11. The van der Waals surface area contributed by atoms with E-state index in [4.69, 9.17) is 21.1 Å². The summed E-state index contributed by atoms with van der Waals surface area (Å²) in [6.45, 7) is 5.68. The van der Waals surface area contributed by atoms with Gasteiger partial charge in [0.25, 0.3) is 23.3 Å². The van der Waals surface area contributed by atoms with E-state index in [9.17, 15) is 24.3 Å². The number of nitrogens with zero attached hydrogens (tertiary/aromatic N) is 3. The second kappa shape index (κ2) is 13.9. The zero-order valence-electron chi connectivity index (χ0n) is 27.6. The highest BCUT2D eigenvalue weighted by Crippen LogP contribution is 2.40. The predicted octanol–water partition coefficient (Wildman–Crippen LogP) is 5.63. The van der Waals surface area contributed by atoms with Crippen LogP contribution in [0.15, 0.2) is 83.4 Å². The van der Waals surface area contributed by atoms with Gasteiger partial charge >= 0.3 is 0 Å². The van der Waals surface area contributed by atoms with Crippen molar-refractivity contribution >= 4 is 40.7 Å². The first-order valence-corrected chi connectivity index (χ1v) is 16.5. The normalized spacial score (nSPS) is 18.7. The van der Waals surface area contributed by atoms with Crippen LogP contribution in [0.2, 0.25) is 5.02 Å². The van der Waals surface area contributed by atoms with Gasteiger partial charge in [0, 0.05) is 54.1 Å². The molecule has 0 aliphatic carbocycles. The fourth-order valence-electron chi connectivity index (χ4n) is 6.68. The number of aliphatic hydroxyl groups excluding tert-OH is 1. The van der Waals surface area contributed by atoms with Crippen molar-refractivity contribution in [2.45, 2.75) is 45.8 Å². The average Bonchev–Trinajstić information content (AvgIpc) is 3.46. The van der Waals surface area contributed by atoms with Crippen molar-refractivity contribution in [1.29, 1.82) is 0 Å². The Kier molecular flexibility index (Phi) is 9.60. The van der Waals surface area contributed by atoms with E-state index in [0.29, 0.717) is 52.7 Å².